The number of imide groups is 1. The van der Waals surface area contributed by atoms with E-state index in [1.54, 1.807) is 12.1 Å². The second-order valence-electron chi connectivity index (χ2n) is 8.60. The van der Waals surface area contributed by atoms with Gasteiger partial charge < -0.3 is 19.6 Å². The molecule has 2 amide bonds. The number of aliphatic carboxylic acids is 2. The van der Waals surface area contributed by atoms with Crippen molar-refractivity contribution in [3.05, 3.63) is 70.7 Å². The largest absolute Gasteiger partial charge is 0.478 e. The molecule has 2 aromatic carbocycles. The third-order valence-corrected chi connectivity index (χ3v) is 6.39. The smallest absolute Gasteiger partial charge is 0.328 e. The molecule has 1 saturated heterocycles. The van der Waals surface area contributed by atoms with Crippen LogP contribution in [0.3, 0.4) is 0 Å². The van der Waals surface area contributed by atoms with E-state index in [0.29, 0.717) is 35.3 Å². The van der Waals surface area contributed by atoms with Crippen LogP contribution >= 0.6 is 0 Å². The molecule has 37 heavy (non-hydrogen) atoms. The van der Waals surface area contributed by atoms with Crippen LogP contribution in [0.2, 0.25) is 0 Å². The van der Waals surface area contributed by atoms with Gasteiger partial charge in [0.05, 0.1) is 16.8 Å². The molecule has 1 aromatic heterocycles. The topological polar surface area (TPSA) is 150 Å². The zero-order valence-corrected chi connectivity index (χ0v) is 19.9. The first-order valence-electron chi connectivity index (χ1n) is 11.6. The number of anilines is 1. The van der Waals surface area contributed by atoms with Crippen LogP contribution in [-0.4, -0.2) is 52.2 Å². The molecule has 3 aromatic rings. The molecule has 0 bridgehead atoms. The second kappa shape index (κ2) is 10.6. The number of piperidine rings is 1. The quantitative estimate of drug-likeness (QED) is 0.347. The van der Waals surface area contributed by atoms with Crippen LogP contribution < -0.4 is 10.2 Å². The summed E-state index contributed by atoms with van der Waals surface area (Å²) in [6, 6.07) is 8.22. The molecule has 0 saturated carbocycles. The van der Waals surface area contributed by atoms with Crippen molar-refractivity contribution in [2.75, 3.05) is 18.0 Å². The summed E-state index contributed by atoms with van der Waals surface area (Å²) in [4.78, 5) is 45.6. The fourth-order valence-corrected chi connectivity index (χ4v) is 4.73. The van der Waals surface area contributed by atoms with E-state index in [-0.39, 0.29) is 23.5 Å². The van der Waals surface area contributed by atoms with Gasteiger partial charge in [-0.25, -0.2) is 14.0 Å². The van der Waals surface area contributed by atoms with Gasteiger partial charge in [0.15, 0.2) is 5.58 Å². The number of nitrogens with one attached hydrogen (secondary N) is 1. The first kappa shape index (κ1) is 25.5. The number of carbonyl (C=O) groups is 4. The Morgan fingerprint density at radius 2 is 1.78 bits per heavy atom. The summed E-state index contributed by atoms with van der Waals surface area (Å²) in [6.07, 6.45) is 3.55. The van der Waals surface area contributed by atoms with Crippen molar-refractivity contribution in [1.29, 1.82) is 0 Å². The van der Waals surface area contributed by atoms with Crippen LogP contribution in [0.25, 0.3) is 11.0 Å². The lowest BCUT2D eigenvalue weighted by atomic mass is 9.90. The number of hydrogen-bond donors (Lipinski definition) is 3. The summed E-state index contributed by atoms with van der Waals surface area (Å²) in [7, 11) is 0. The van der Waals surface area contributed by atoms with Crippen molar-refractivity contribution >= 4 is 40.4 Å². The van der Waals surface area contributed by atoms with E-state index in [0.717, 1.165) is 48.3 Å². The summed E-state index contributed by atoms with van der Waals surface area (Å²) >= 11 is 0. The van der Waals surface area contributed by atoms with E-state index >= 15 is 0 Å². The van der Waals surface area contributed by atoms with Crippen LogP contribution in [0.4, 0.5) is 10.1 Å². The monoisotopic (exact) mass is 509 g/mol. The lowest BCUT2D eigenvalue weighted by molar-refractivity contribution is -0.134. The molecule has 2 aliphatic heterocycles. The van der Waals surface area contributed by atoms with Crippen molar-refractivity contribution in [2.45, 2.75) is 32.1 Å². The predicted molar refractivity (Wildman–Crippen MR) is 130 cm³/mol. The normalized spacial score (nSPS) is 15.5. The summed E-state index contributed by atoms with van der Waals surface area (Å²) in [5.41, 5.74) is 4.28. The Morgan fingerprint density at radius 1 is 1.11 bits per heavy atom. The van der Waals surface area contributed by atoms with Crippen LogP contribution in [0.1, 0.15) is 57.7 Å². The SMILES string of the molecule is CCc1c(N2CCC(c3noc4cc(F)ccc34)CC2)ccc2c1C(=O)NC2=O.O=C(O)/C=C/C(=O)O. The minimum atomic E-state index is -1.26. The van der Waals surface area contributed by atoms with E-state index in [1.165, 1.54) is 12.1 Å². The molecular weight excluding hydrogens is 485 g/mol. The number of rotatable bonds is 5. The van der Waals surface area contributed by atoms with Gasteiger partial charge in [0.1, 0.15) is 5.82 Å². The van der Waals surface area contributed by atoms with Crippen molar-refractivity contribution in [3.63, 3.8) is 0 Å². The molecule has 1 fully saturated rings. The maximum absolute atomic E-state index is 13.4. The molecule has 11 heteroatoms. The van der Waals surface area contributed by atoms with Gasteiger partial charge >= 0.3 is 11.9 Å². The maximum atomic E-state index is 13.4. The standard InChI is InChI=1S/C22H20FN3O3.C4H4O4/c1-2-14-17(6-5-16-19(14)22(28)24-21(16)27)26-9-7-12(8-10-26)20-15-4-3-13(23)11-18(15)29-25-20;5-3(6)1-2-4(7)8/h3-6,11-12H,2,7-10H2,1H3,(H,24,27,28);1-2H,(H,5,6)(H,7,8)/b;2-1+. The van der Waals surface area contributed by atoms with Gasteiger partial charge in [0.25, 0.3) is 11.8 Å². The van der Waals surface area contributed by atoms with Crippen LogP contribution in [0, 0.1) is 5.82 Å². The van der Waals surface area contributed by atoms with Crippen LogP contribution in [0.15, 0.2) is 47.0 Å². The zero-order valence-electron chi connectivity index (χ0n) is 19.9. The minimum absolute atomic E-state index is 0.238. The first-order chi connectivity index (χ1) is 17.7. The van der Waals surface area contributed by atoms with E-state index in [1.807, 2.05) is 13.0 Å². The molecule has 5 rings (SSSR count). The lowest BCUT2D eigenvalue weighted by Crippen LogP contribution is -2.34. The highest BCUT2D eigenvalue weighted by molar-refractivity contribution is 6.22. The van der Waals surface area contributed by atoms with Crippen LogP contribution in [-0.2, 0) is 16.0 Å². The highest BCUT2D eigenvalue weighted by atomic mass is 19.1. The molecule has 10 nitrogen and oxygen atoms in total. The summed E-state index contributed by atoms with van der Waals surface area (Å²) < 4.78 is 18.7. The Bertz CT molecular complexity index is 1410. The number of carboxylic acids is 2. The summed E-state index contributed by atoms with van der Waals surface area (Å²) in [5.74, 6) is -3.23. The Kier molecular flexibility index (Phi) is 7.32. The Labute approximate surface area is 210 Å². The number of fused-ring (bicyclic) bond motifs is 2. The molecule has 0 unspecified atom stereocenters. The van der Waals surface area contributed by atoms with Crippen molar-refractivity contribution < 1.29 is 38.3 Å². The van der Waals surface area contributed by atoms with Gasteiger partial charge in [0.2, 0.25) is 0 Å². The average Bonchev–Trinajstić information content (AvgIpc) is 3.42. The van der Waals surface area contributed by atoms with Gasteiger partial charge in [-0.15, -0.1) is 0 Å². The first-order valence-corrected chi connectivity index (χ1v) is 11.6. The molecule has 3 heterocycles. The average molecular weight is 509 g/mol. The van der Waals surface area contributed by atoms with E-state index in [9.17, 15) is 23.6 Å². The van der Waals surface area contributed by atoms with Gasteiger partial charge in [-0.05, 0) is 49.1 Å². The second-order valence-corrected chi connectivity index (χ2v) is 8.60. The van der Waals surface area contributed by atoms with Gasteiger partial charge in [-0.1, -0.05) is 12.1 Å². The van der Waals surface area contributed by atoms with Crippen LogP contribution in [0.5, 0.6) is 0 Å². The highest BCUT2D eigenvalue weighted by Crippen LogP contribution is 2.37. The van der Waals surface area contributed by atoms with Gasteiger partial charge in [0, 0.05) is 48.3 Å². The van der Waals surface area contributed by atoms with Crippen molar-refractivity contribution in [1.82, 2.24) is 10.5 Å². The van der Waals surface area contributed by atoms with Crippen molar-refractivity contribution in [2.24, 2.45) is 0 Å². The molecule has 2 aliphatic rings. The number of carbonyl (C=O) groups excluding carboxylic acids is 2. The number of nitrogens with zero attached hydrogens (tertiary/aromatic N) is 2. The highest BCUT2D eigenvalue weighted by Gasteiger charge is 2.32. The number of benzene rings is 2. The third-order valence-electron chi connectivity index (χ3n) is 6.39. The predicted octanol–water partition coefficient (Wildman–Crippen LogP) is 3.51. The molecular formula is C26H24FN3O7. The summed E-state index contributed by atoms with van der Waals surface area (Å²) in [6.45, 7) is 3.62. The minimum Gasteiger partial charge on any atom is -0.478 e. The Balaban J connectivity index is 0.000000349. The van der Waals surface area contributed by atoms with E-state index in [2.05, 4.69) is 15.4 Å². The number of halogens is 1. The van der Waals surface area contributed by atoms with Gasteiger partial charge in [-0.3, -0.25) is 14.9 Å². The maximum Gasteiger partial charge on any atom is 0.328 e. The van der Waals surface area contributed by atoms with E-state index in [4.69, 9.17) is 14.7 Å². The third kappa shape index (κ3) is 5.35. The number of hydrogen-bond acceptors (Lipinski definition) is 7. The number of aromatic nitrogens is 1. The molecule has 3 N–H and O–H groups in total. The molecule has 0 spiro atoms. The molecule has 0 aliphatic carbocycles. The Hall–Kier alpha value is -4.54. The Morgan fingerprint density at radius 3 is 2.41 bits per heavy atom. The molecule has 0 radical (unpaired) electrons. The van der Waals surface area contributed by atoms with Crippen molar-refractivity contribution in [3.8, 4) is 0 Å². The zero-order chi connectivity index (χ0) is 26.7. The van der Waals surface area contributed by atoms with E-state index < -0.39 is 11.9 Å². The number of carboxylic acid groups (broad SMARTS) is 2. The van der Waals surface area contributed by atoms with Gasteiger partial charge in [-0.2, -0.15) is 0 Å². The number of amides is 2. The lowest BCUT2D eigenvalue weighted by Gasteiger charge is -2.34. The fraction of sp³-hybridized carbons (Fsp3) is 0.269. The molecule has 0 atom stereocenters. The molecule has 192 valence electrons. The summed E-state index contributed by atoms with van der Waals surface area (Å²) in [5, 5.41) is 23.1. The fourth-order valence-electron chi connectivity index (χ4n) is 4.73.